The first-order chi connectivity index (χ1) is 14.5. The molecule has 4 rings (SSSR count). The summed E-state index contributed by atoms with van der Waals surface area (Å²) in [6, 6.07) is 10.0. The van der Waals surface area contributed by atoms with E-state index >= 15 is 0 Å². The monoisotopic (exact) mass is 410 g/mol. The third-order valence-corrected chi connectivity index (χ3v) is 5.80. The van der Waals surface area contributed by atoms with Crippen molar-refractivity contribution in [1.82, 2.24) is 10.2 Å². The Hall–Kier alpha value is -2.93. The number of benzene rings is 1. The molecule has 3 heterocycles. The van der Waals surface area contributed by atoms with E-state index in [2.05, 4.69) is 5.32 Å². The summed E-state index contributed by atoms with van der Waals surface area (Å²) in [5.74, 6) is 0.462. The minimum absolute atomic E-state index is 0.0559. The first-order valence-electron chi connectivity index (χ1n) is 10.4. The Morgan fingerprint density at radius 2 is 2.03 bits per heavy atom. The molecule has 2 aliphatic rings. The van der Waals surface area contributed by atoms with Gasteiger partial charge in [0.15, 0.2) is 5.78 Å². The number of hydrogen-bond donors (Lipinski definition) is 1. The quantitative estimate of drug-likeness (QED) is 0.791. The minimum atomic E-state index is -0.691. The summed E-state index contributed by atoms with van der Waals surface area (Å²) in [5.41, 5.74) is 1.28. The maximum atomic E-state index is 13.2. The van der Waals surface area contributed by atoms with Gasteiger partial charge < -0.3 is 19.4 Å². The van der Waals surface area contributed by atoms with E-state index in [1.165, 1.54) is 0 Å². The van der Waals surface area contributed by atoms with E-state index in [4.69, 9.17) is 9.15 Å². The summed E-state index contributed by atoms with van der Waals surface area (Å²) in [6.45, 7) is 4.22. The molecule has 2 amide bonds. The van der Waals surface area contributed by atoms with Gasteiger partial charge in [0, 0.05) is 12.1 Å². The summed E-state index contributed by atoms with van der Waals surface area (Å²) in [6.07, 6.45) is 1.65. The molecule has 0 radical (unpaired) electrons. The van der Waals surface area contributed by atoms with Crippen LogP contribution in [0.2, 0.25) is 0 Å². The SMILES string of the molecule is CCCC(NC(=O)c1cc(-c2ccccc2)oc1C)C(=O)N1CCC2OCC(=O)C21. The molecule has 3 atom stereocenters. The number of hydrogen-bond acceptors (Lipinski definition) is 5. The van der Waals surface area contributed by atoms with Crippen LogP contribution in [0.15, 0.2) is 40.8 Å². The molecule has 2 aliphatic heterocycles. The highest BCUT2D eigenvalue weighted by Gasteiger charge is 2.47. The van der Waals surface area contributed by atoms with Gasteiger partial charge in [0.05, 0.1) is 11.7 Å². The van der Waals surface area contributed by atoms with Crippen molar-refractivity contribution in [3.8, 4) is 11.3 Å². The van der Waals surface area contributed by atoms with Gasteiger partial charge in [-0.1, -0.05) is 43.7 Å². The molecular weight excluding hydrogens is 384 g/mol. The average molecular weight is 410 g/mol. The van der Waals surface area contributed by atoms with Crippen molar-refractivity contribution in [1.29, 1.82) is 0 Å². The zero-order valence-electron chi connectivity index (χ0n) is 17.2. The number of furan rings is 1. The Balaban J connectivity index is 1.51. The van der Waals surface area contributed by atoms with Crippen molar-refractivity contribution in [2.24, 2.45) is 0 Å². The Kier molecular flexibility index (Phi) is 5.72. The fraction of sp³-hybridized carbons (Fsp3) is 0.435. The molecule has 158 valence electrons. The number of nitrogens with one attached hydrogen (secondary N) is 1. The van der Waals surface area contributed by atoms with E-state index in [9.17, 15) is 14.4 Å². The van der Waals surface area contributed by atoms with Gasteiger partial charge in [0.1, 0.15) is 30.2 Å². The topological polar surface area (TPSA) is 88.8 Å². The van der Waals surface area contributed by atoms with Gasteiger partial charge in [0.2, 0.25) is 5.91 Å². The molecule has 0 bridgehead atoms. The maximum absolute atomic E-state index is 13.2. The molecule has 2 aromatic rings. The number of rotatable bonds is 6. The summed E-state index contributed by atoms with van der Waals surface area (Å²) >= 11 is 0. The maximum Gasteiger partial charge on any atom is 0.255 e. The second kappa shape index (κ2) is 8.44. The lowest BCUT2D eigenvalue weighted by molar-refractivity contribution is -0.138. The van der Waals surface area contributed by atoms with Crippen LogP contribution in [0.5, 0.6) is 0 Å². The standard InChI is InChI=1S/C23H26N2O5/c1-3-7-17(23(28)25-11-10-19-21(25)18(26)13-29-19)24-22(27)16-12-20(30-14(16)2)15-8-5-4-6-9-15/h4-6,8-9,12,17,19,21H,3,7,10-11,13H2,1-2H3,(H,24,27). The lowest BCUT2D eigenvalue weighted by atomic mass is 10.1. The van der Waals surface area contributed by atoms with Crippen molar-refractivity contribution in [3.05, 3.63) is 47.7 Å². The largest absolute Gasteiger partial charge is 0.461 e. The van der Waals surface area contributed by atoms with E-state index in [0.29, 0.717) is 36.5 Å². The van der Waals surface area contributed by atoms with Gasteiger partial charge in [-0.25, -0.2) is 0 Å². The van der Waals surface area contributed by atoms with Gasteiger partial charge in [-0.15, -0.1) is 0 Å². The van der Waals surface area contributed by atoms with Crippen LogP contribution in [0.1, 0.15) is 42.3 Å². The summed E-state index contributed by atoms with van der Waals surface area (Å²) < 4.78 is 11.3. The molecule has 0 spiro atoms. The van der Waals surface area contributed by atoms with Crippen LogP contribution < -0.4 is 5.32 Å². The van der Waals surface area contributed by atoms with Crippen molar-refractivity contribution in [3.63, 3.8) is 0 Å². The molecule has 0 aliphatic carbocycles. The zero-order valence-corrected chi connectivity index (χ0v) is 17.2. The lowest BCUT2D eigenvalue weighted by Crippen LogP contribution is -2.52. The molecule has 1 aromatic heterocycles. The number of ketones is 1. The number of amides is 2. The first kappa shape index (κ1) is 20.3. The zero-order chi connectivity index (χ0) is 21.3. The molecule has 7 nitrogen and oxygen atoms in total. The number of fused-ring (bicyclic) bond motifs is 1. The van der Waals surface area contributed by atoms with Gasteiger partial charge in [-0.05, 0) is 25.8 Å². The highest BCUT2D eigenvalue weighted by molar-refractivity contribution is 6.00. The summed E-state index contributed by atoms with van der Waals surface area (Å²) in [4.78, 5) is 39.9. The Labute approximate surface area is 175 Å². The van der Waals surface area contributed by atoms with E-state index in [1.807, 2.05) is 37.3 Å². The van der Waals surface area contributed by atoms with Crippen molar-refractivity contribution >= 4 is 17.6 Å². The highest BCUT2D eigenvalue weighted by atomic mass is 16.5. The van der Waals surface area contributed by atoms with Crippen LogP contribution in [0.3, 0.4) is 0 Å². The van der Waals surface area contributed by atoms with Crippen LogP contribution in [0.25, 0.3) is 11.3 Å². The second-order valence-electron chi connectivity index (χ2n) is 7.84. The molecule has 1 aromatic carbocycles. The van der Waals surface area contributed by atoms with E-state index in [-0.39, 0.29) is 30.3 Å². The number of ether oxygens (including phenoxy) is 1. The number of aryl methyl sites for hydroxylation is 1. The number of carbonyl (C=O) groups is 3. The fourth-order valence-electron chi connectivity index (χ4n) is 4.28. The van der Waals surface area contributed by atoms with E-state index in [0.717, 1.165) is 12.0 Å². The third-order valence-electron chi connectivity index (χ3n) is 5.80. The Morgan fingerprint density at radius 1 is 1.27 bits per heavy atom. The molecular formula is C23H26N2O5. The molecule has 3 unspecified atom stereocenters. The van der Waals surface area contributed by atoms with Gasteiger partial charge >= 0.3 is 0 Å². The number of Topliss-reactive ketones (excluding diaryl/α,β-unsaturated/α-hetero) is 1. The van der Waals surface area contributed by atoms with Crippen LogP contribution in [0.4, 0.5) is 0 Å². The van der Waals surface area contributed by atoms with Gasteiger partial charge in [-0.3, -0.25) is 14.4 Å². The van der Waals surface area contributed by atoms with Crippen molar-refractivity contribution in [2.75, 3.05) is 13.2 Å². The van der Waals surface area contributed by atoms with Crippen LogP contribution in [-0.4, -0.2) is 53.8 Å². The lowest BCUT2D eigenvalue weighted by Gasteiger charge is -2.27. The molecule has 7 heteroatoms. The predicted octanol–water partition coefficient (Wildman–Crippen LogP) is 2.72. The summed E-state index contributed by atoms with van der Waals surface area (Å²) in [5, 5.41) is 2.87. The fourth-order valence-corrected chi connectivity index (χ4v) is 4.28. The van der Waals surface area contributed by atoms with Crippen molar-refractivity contribution < 1.29 is 23.5 Å². The van der Waals surface area contributed by atoms with Gasteiger partial charge in [0.25, 0.3) is 5.91 Å². The number of nitrogens with zero attached hydrogens (tertiary/aromatic N) is 1. The number of carbonyl (C=O) groups excluding carboxylic acids is 3. The Bertz CT molecular complexity index is 952. The summed E-state index contributed by atoms with van der Waals surface area (Å²) in [7, 11) is 0. The predicted molar refractivity (Wildman–Crippen MR) is 110 cm³/mol. The molecule has 30 heavy (non-hydrogen) atoms. The molecule has 2 fully saturated rings. The van der Waals surface area contributed by atoms with Crippen molar-refractivity contribution in [2.45, 2.75) is 51.3 Å². The van der Waals surface area contributed by atoms with E-state index in [1.54, 1.807) is 17.9 Å². The second-order valence-corrected chi connectivity index (χ2v) is 7.84. The molecule has 2 saturated heterocycles. The minimum Gasteiger partial charge on any atom is -0.461 e. The Morgan fingerprint density at radius 3 is 2.77 bits per heavy atom. The smallest absolute Gasteiger partial charge is 0.255 e. The van der Waals surface area contributed by atoms with Crippen LogP contribution in [-0.2, 0) is 14.3 Å². The van der Waals surface area contributed by atoms with Crippen LogP contribution in [0, 0.1) is 6.92 Å². The van der Waals surface area contributed by atoms with Gasteiger partial charge in [-0.2, -0.15) is 0 Å². The van der Waals surface area contributed by atoms with E-state index < -0.39 is 12.1 Å². The average Bonchev–Trinajstić information content (AvgIpc) is 3.44. The third kappa shape index (κ3) is 3.77. The highest BCUT2D eigenvalue weighted by Crippen LogP contribution is 2.28. The molecule has 1 N–H and O–H groups in total. The first-order valence-corrected chi connectivity index (χ1v) is 10.4. The normalized spacial score (nSPS) is 21.5. The number of likely N-dealkylation sites (tertiary alicyclic amines) is 1. The van der Waals surface area contributed by atoms with Crippen LogP contribution >= 0.6 is 0 Å². The molecule has 0 saturated carbocycles.